The summed E-state index contributed by atoms with van der Waals surface area (Å²) in [5, 5.41) is 15.4. The van der Waals surface area contributed by atoms with E-state index in [1.807, 2.05) is 19.9 Å². The Kier molecular flexibility index (Phi) is 4.82. The van der Waals surface area contributed by atoms with Crippen LogP contribution in [-0.2, 0) is 5.54 Å². The number of nitrogens with one attached hydrogen (secondary N) is 1. The monoisotopic (exact) mass is 372 g/mol. The zero-order chi connectivity index (χ0) is 18.9. The van der Waals surface area contributed by atoms with Gasteiger partial charge in [0.25, 0.3) is 5.69 Å². The SMILES string of the molecule is CC1=NC(C)(c2ccnc(Nc3ccc(N(C)C)c([N+](=O)[O-])c3)n2)CS1. The Bertz CT molecular complexity index is 885. The minimum atomic E-state index is -0.397. The zero-order valence-corrected chi connectivity index (χ0v) is 15.9. The van der Waals surface area contributed by atoms with E-state index in [2.05, 4.69) is 20.3 Å². The van der Waals surface area contributed by atoms with Crippen molar-refractivity contribution in [2.45, 2.75) is 19.4 Å². The average molecular weight is 372 g/mol. The van der Waals surface area contributed by atoms with Crippen LogP contribution in [-0.4, -0.2) is 39.8 Å². The molecule has 0 radical (unpaired) electrons. The van der Waals surface area contributed by atoms with Crippen LogP contribution in [0.15, 0.2) is 35.5 Å². The first-order valence-electron chi connectivity index (χ1n) is 8.04. The highest BCUT2D eigenvalue weighted by Gasteiger charge is 2.32. The summed E-state index contributed by atoms with van der Waals surface area (Å²) in [7, 11) is 3.54. The van der Waals surface area contributed by atoms with Gasteiger partial charge < -0.3 is 10.2 Å². The Labute approximate surface area is 155 Å². The van der Waals surface area contributed by atoms with Crippen molar-refractivity contribution < 1.29 is 4.92 Å². The number of rotatable bonds is 5. The predicted octanol–water partition coefficient (Wildman–Crippen LogP) is 3.57. The van der Waals surface area contributed by atoms with E-state index >= 15 is 0 Å². The molecule has 0 saturated heterocycles. The molecule has 0 spiro atoms. The van der Waals surface area contributed by atoms with Gasteiger partial charge in [-0.1, -0.05) is 0 Å². The van der Waals surface area contributed by atoms with Gasteiger partial charge in [-0.2, -0.15) is 0 Å². The molecule has 1 N–H and O–H groups in total. The zero-order valence-electron chi connectivity index (χ0n) is 15.1. The molecule has 9 heteroatoms. The fourth-order valence-corrected chi connectivity index (χ4v) is 3.73. The summed E-state index contributed by atoms with van der Waals surface area (Å²) < 4.78 is 0. The number of aliphatic imine (C=N–C) groups is 1. The number of nitro benzene ring substituents is 1. The molecule has 136 valence electrons. The highest BCUT2D eigenvalue weighted by Crippen LogP contribution is 2.36. The van der Waals surface area contributed by atoms with E-state index in [1.54, 1.807) is 49.1 Å². The van der Waals surface area contributed by atoms with Gasteiger partial charge in [-0.15, -0.1) is 11.8 Å². The van der Waals surface area contributed by atoms with Crippen LogP contribution in [0.5, 0.6) is 0 Å². The molecule has 0 saturated carbocycles. The molecule has 1 atom stereocenters. The summed E-state index contributed by atoms with van der Waals surface area (Å²) in [5.41, 5.74) is 1.56. The van der Waals surface area contributed by atoms with E-state index in [1.165, 1.54) is 6.07 Å². The van der Waals surface area contributed by atoms with Crippen LogP contribution in [0.4, 0.5) is 23.0 Å². The maximum atomic E-state index is 11.3. The molecule has 1 aromatic heterocycles. The van der Waals surface area contributed by atoms with Gasteiger partial charge in [-0.25, -0.2) is 9.97 Å². The minimum Gasteiger partial charge on any atom is -0.372 e. The van der Waals surface area contributed by atoms with E-state index in [-0.39, 0.29) is 11.2 Å². The first-order chi connectivity index (χ1) is 12.3. The lowest BCUT2D eigenvalue weighted by Gasteiger charge is -2.19. The second kappa shape index (κ2) is 6.91. The second-order valence-corrected chi connectivity index (χ2v) is 7.61. The third kappa shape index (κ3) is 3.62. The van der Waals surface area contributed by atoms with Crippen molar-refractivity contribution in [2.24, 2.45) is 4.99 Å². The number of nitro groups is 1. The van der Waals surface area contributed by atoms with Gasteiger partial charge in [0.15, 0.2) is 0 Å². The van der Waals surface area contributed by atoms with Crippen LogP contribution in [0, 0.1) is 10.1 Å². The average Bonchev–Trinajstić information content (AvgIpc) is 2.95. The van der Waals surface area contributed by atoms with Gasteiger partial charge in [0, 0.05) is 37.8 Å². The van der Waals surface area contributed by atoms with Crippen LogP contribution < -0.4 is 10.2 Å². The van der Waals surface area contributed by atoms with Crippen molar-refractivity contribution in [3.63, 3.8) is 0 Å². The molecule has 0 amide bonds. The number of nitrogens with zero attached hydrogens (tertiary/aromatic N) is 5. The van der Waals surface area contributed by atoms with Crippen LogP contribution >= 0.6 is 11.8 Å². The van der Waals surface area contributed by atoms with Crippen LogP contribution in [0.25, 0.3) is 0 Å². The van der Waals surface area contributed by atoms with Crippen molar-refractivity contribution >= 4 is 39.8 Å². The lowest BCUT2D eigenvalue weighted by Crippen LogP contribution is -2.21. The number of thioether (sulfide) groups is 1. The largest absolute Gasteiger partial charge is 0.372 e. The van der Waals surface area contributed by atoms with E-state index in [4.69, 9.17) is 0 Å². The maximum absolute atomic E-state index is 11.3. The first-order valence-corrected chi connectivity index (χ1v) is 9.03. The molecule has 26 heavy (non-hydrogen) atoms. The molecule has 3 rings (SSSR count). The Morgan fingerprint density at radius 2 is 2.12 bits per heavy atom. The number of hydrogen-bond donors (Lipinski definition) is 1. The molecule has 1 unspecified atom stereocenters. The molecule has 0 bridgehead atoms. The Balaban J connectivity index is 1.89. The van der Waals surface area contributed by atoms with Crippen molar-refractivity contribution in [2.75, 3.05) is 30.1 Å². The number of hydrogen-bond acceptors (Lipinski definition) is 8. The fraction of sp³-hybridized carbons (Fsp3) is 0.353. The van der Waals surface area contributed by atoms with E-state index in [9.17, 15) is 10.1 Å². The van der Waals surface area contributed by atoms with Crippen molar-refractivity contribution in [3.8, 4) is 0 Å². The molecule has 8 nitrogen and oxygen atoms in total. The Morgan fingerprint density at radius 3 is 2.73 bits per heavy atom. The molecular weight excluding hydrogens is 352 g/mol. The van der Waals surface area contributed by atoms with Gasteiger partial charge in [0.1, 0.15) is 11.2 Å². The van der Waals surface area contributed by atoms with Gasteiger partial charge in [-0.05, 0) is 32.0 Å². The van der Waals surface area contributed by atoms with Gasteiger partial charge in [0.2, 0.25) is 5.95 Å². The number of benzene rings is 1. The van der Waals surface area contributed by atoms with Crippen molar-refractivity contribution in [1.29, 1.82) is 0 Å². The fourth-order valence-electron chi connectivity index (χ4n) is 2.76. The number of aromatic nitrogens is 2. The second-order valence-electron chi connectivity index (χ2n) is 6.44. The predicted molar refractivity (Wildman–Crippen MR) is 106 cm³/mol. The van der Waals surface area contributed by atoms with E-state index in [0.717, 1.165) is 16.5 Å². The smallest absolute Gasteiger partial charge is 0.294 e. The Hall–Kier alpha value is -2.68. The molecule has 0 fully saturated rings. The molecule has 1 aromatic carbocycles. The molecule has 0 aliphatic carbocycles. The quantitative estimate of drug-likeness (QED) is 0.633. The molecule has 1 aliphatic heterocycles. The third-order valence-electron chi connectivity index (χ3n) is 4.08. The number of anilines is 3. The highest BCUT2D eigenvalue weighted by molar-refractivity contribution is 8.14. The lowest BCUT2D eigenvalue weighted by molar-refractivity contribution is -0.384. The molecule has 1 aliphatic rings. The summed E-state index contributed by atoms with van der Waals surface area (Å²) in [6.45, 7) is 4.03. The van der Waals surface area contributed by atoms with Gasteiger partial charge in [0.05, 0.1) is 15.7 Å². The summed E-state index contributed by atoms with van der Waals surface area (Å²) >= 11 is 1.71. The van der Waals surface area contributed by atoms with Gasteiger partial charge in [-0.3, -0.25) is 15.1 Å². The summed E-state index contributed by atoms with van der Waals surface area (Å²) in [4.78, 5) is 26.1. The Morgan fingerprint density at radius 1 is 1.35 bits per heavy atom. The summed E-state index contributed by atoms with van der Waals surface area (Å²) in [5.74, 6) is 1.22. The highest BCUT2D eigenvalue weighted by atomic mass is 32.2. The third-order valence-corrected chi connectivity index (χ3v) is 5.30. The van der Waals surface area contributed by atoms with Crippen LogP contribution in [0.2, 0.25) is 0 Å². The van der Waals surface area contributed by atoms with Crippen molar-refractivity contribution in [3.05, 3.63) is 46.3 Å². The van der Waals surface area contributed by atoms with Gasteiger partial charge >= 0.3 is 0 Å². The minimum absolute atomic E-state index is 0.0236. The van der Waals surface area contributed by atoms with E-state index < -0.39 is 4.92 Å². The van der Waals surface area contributed by atoms with Crippen LogP contribution in [0.3, 0.4) is 0 Å². The van der Waals surface area contributed by atoms with Crippen LogP contribution in [0.1, 0.15) is 19.5 Å². The molecule has 2 heterocycles. The summed E-state index contributed by atoms with van der Waals surface area (Å²) in [6, 6.07) is 6.81. The lowest BCUT2D eigenvalue weighted by atomic mass is 10.0. The summed E-state index contributed by atoms with van der Waals surface area (Å²) in [6.07, 6.45) is 1.67. The first kappa shape index (κ1) is 18.1. The normalized spacial score (nSPS) is 19.2. The maximum Gasteiger partial charge on any atom is 0.294 e. The van der Waals surface area contributed by atoms with Crippen molar-refractivity contribution in [1.82, 2.24) is 9.97 Å². The molecule has 2 aromatic rings. The topological polar surface area (TPSA) is 96.5 Å². The standard InChI is InChI=1S/C17H20N6O2S/c1-11-21-17(2,10-26-11)15-7-8-18-16(20-15)19-12-5-6-13(22(3)4)14(9-12)23(24)25/h5-9H,10H2,1-4H3,(H,18,19,20). The molecular formula is C17H20N6O2S. The van der Waals surface area contributed by atoms with E-state index in [0.29, 0.717) is 17.3 Å².